The van der Waals surface area contributed by atoms with Crippen LogP contribution >= 0.6 is 0 Å². The Morgan fingerprint density at radius 2 is 1.47 bits per heavy atom. The second kappa shape index (κ2) is 7.64. The van der Waals surface area contributed by atoms with Crippen molar-refractivity contribution in [1.82, 2.24) is 0 Å². The van der Waals surface area contributed by atoms with Gasteiger partial charge in [-0.2, -0.15) is 0 Å². The Labute approximate surface area is 116 Å². The van der Waals surface area contributed by atoms with Crippen LogP contribution in [0.2, 0.25) is 0 Å². The topological polar surface area (TPSA) is 47.9 Å². The average Bonchev–Trinajstić information content (AvgIpc) is 2.39. The van der Waals surface area contributed by atoms with Crippen molar-refractivity contribution in [2.75, 3.05) is 0 Å². The average molecular weight is 284 g/mol. The summed E-state index contributed by atoms with van der Waals surface area (Å²) < 4.78 is 16.8. The van der Waals surface area contributed by atoms with E-state index >= 15 is 0 Å². The molecule has 0 amide bonds. The Morgan fingerprint density at radius 3 is 1.89 bits per heavy atom. The van der Waals surface area contributed by atoms with Crippen molar-refractivity contribution in [1.29, 1.82) is 0 Å². The highest BCUT2D eigenvalue weighted by Crippen LogP contribution is 2.19. The van der Waals surface area contributed by atoms with E-state index in [2.05, 4.69) is 0 Å². The first-order valence-electron chi connectivity index (χ1n) is 6.81. The lowest BCUT2D eigenvalue weighted by atomic mass is 10.3. The van der Waals surface area contributed by atoms with Crippen molar-refractivity contribution >= 4 is 9.05 Å². The van der Waals surface area contributed by atoms with Crippen molar-refractivity contribution < 1.29 is 18.1 Å². The monoisotopic (exact) mass is 284 g/mol. The summed E-state index contributed by atoms with van der Waals surface area (Å²) in [6, 6.07) is 9.13. The van der Waals surface area contributed by atoms with E-state index in [0.717, 1.165) is 12.8 Å². The molecule has 4 nitrogen and oxygen atoms in total. The maximum atomic E-state index is 10.5. The molecule has 0 fully saturated rings. The van der Waals surface area contributed by atoms with Crippen LogP contribution in [0.15, 0.2) is 30.3 Å². The number of hydrogen-bond acceptors (Lipinski definition) is 4. The highest BCUT2D eigenvalue weighted by Gasteiger charge is 2.47. The number of para-hydroxylation sites is 1. The molecule has 2 atom stereocenters. The van der Waals surface area contributed by atoms with Crippen LogP contribution in [-0.4, -0.2) is 26.1 Å². The summed E-state index contributed by atoms with van der Waals surface area (Å²) in [5.74, 6) is 0.559. The summed E-state index contributed by atoms with van der Waals surface area (Å²) in [6.45, 7) is 7.77. The number of benzene rings is 1. The van der Waals surface area contributed by atoms with Gasteiger partial charge in [0, 0.05) is 12.2 Å². The van der Waals surface area contributed by atoms with E-state index < -0.39 is 9.05 Å². The quantitative estimate of drug-likeness (QED) is 0.745. The first-order valence-corrected chi connectivity index (χ1v) is 8.48. The van der Waals surface area contributed by atoms with E-state index in [-0.39, 0.29) is 12.2 Å². The lowest BCUT2D eigenvalue weighted by Gasteiger charge is -2.28. The molecule has 0 aliphatic rings. The third-order valence-corrected chi connectivity index (χ3v) is 4.73. The predicted molar refractivity (Wildman–Crippen MR) is 76.7 cm³/mol. The Morgan fingerprint density at radius 1 is 1.00 bits per heavy atom. The van der Waals surface area contributed by atoms with Crippen LogP contribution in [0.5, 0.6) is 5.75 Å². The van der Waals surface area contributed by atoms with Gasteiger partial charge in [0.05, 0.1) is 0 Å². The van der Waals surface area contributed by atoms with Crippen molar-refractivity contribution in [3.8, 4) is 5.75 Å². The third kappa shape index (κ3) is 5.73. The molecule has 108 valence electrons. The number of hydrogen-bond donors (Lipinski definition) is 1. The maximum Gasteiger partial charge on any atom is 0.747 e. The van der Waals surface area contributed by atoms with E-state index in [1.165, 1.54) is 0 Å². The molecule has 0 aromatic heterocycles. The standard InChI is InChI=1S/C14H24O4Si/c1-5-12(3)16-19(15,17-13(4)6-2)18-14-10-8-7-9-11-14/h7-13,15H,5-6H2,1-4H3. The largest absolute Gasteiger partial charge is 0.747 e. The zero-order chi connectivity index (χ0) is 14.3. The van der Waals surface area contributed by atoms with Gasteiger partial charge in [0.25, 0.3) is 0 Å². The van der Waals surface area contributed by atoms with Gasteiger partial charge in [-0.25, -0.2) is 0 Å². The fourth-order valence-corrected chi connectivity index (χ4v) is 3.32. The van der Waals surface area contributed by atoms with Crippen LogP contribution in [0, 0.1) is 0 Å². The molecule has 1 N–H and O–H groups in total. The molecular formula is C14H24O4Si. The molecular weight excluding hydrogens is 260 g/mol. The molecule has 0 heterocycles. The van der Waals surface area contributed by atoms with E-state index in [4.69, 9.17) is 13.3 Å². The molecule has 0 saturated heterocycles. The van der Waals surface area contributed by atoms with Gasteiger partial charge >= 0.3 is 9.05 Å². The summed E-state index contributed by atoms with van der Waals surface area (Å²) in [4.78, 5) is 10.5. The van der Waals surface area contributed by atoms with Crippen LogP contribution < -0.4 is 4.43 Å². The Hall–Kier alpha value is -0.883. The molecule has 0 aliphatic heterocycles. The molecule has 0 bridgehead atoms. The first kappa shape index (κ1) is 16.2. The van der Waals surface area contributed by atoms with Crippen LogP contribution in [0.4, 0.5) is 0 Å². The highest BCUT2D eigenvalue weighted by atomic mass is 28.4. The van der Waals surface area contributed by atoms with Gasteiger partial charge in [-0.15, -0.1) is 0 Å². The van der Waals surface area contributed by atoms with Gasteiger partial charge < -0.3 is 18.1 Å². The molecule has 1 aromatic carbocycles. The Bertz CT molecular complexity index is 346. The molecule has 0 aliphatic carbocycles. The number of rotatable bonds is 8. The lowest BCUT2D eigenvalue weighted by molar-refractivity contribution is -0.0171. The van der Waals surface area contributed by atoms with Gasteiger partial charge in [-0.05, 0) is 38.8 Å². The first-order chi connectivity index (χ1) is 8.99. The van der Waals surface area contributed by atoms with Crippen LogP contribution in [0.25, 0.3) is 0 Å². The van der Waals surface area contributed by atoms with Crippen molar-refractivity contribution in [3.63, 3.8) is 0 Å². The fraction of sp³-hybridized carbons (Fsp3) is 0.571. The summed E-state index contributed by atoms with van der Waals surface area (Å²) in [5.41, 5.74) is 0. The molecule has 5 heteroatoms. The zero-order valence-corrected chi connectivity index (χ0v) is 13.1. The van der Waals surface area contributed by atoms with Crippen LogP contribution in [0.1, 0.15) is 40.5 Å². The minimum Gasteiger partial charge on any atom is -0.480 e. The van der Waals surface area contributed by atoms with Crippen LogP contribution in [0.3, 0.4) is 0 Å². The summed E-state index contributed by atoms with van der Waals surface area (Å²) >= 11 is 0. The van der Waals surface area contributed by atoms with E-state index in [0.29, 0.717) is 5.75 Å². The molecule has 2 unspecified atom stereocenters. The van der Waals surface area contributed by atoms with E-state index in [1.54, 1.807) is 12.1 Å². The smallest absolute Gasteiger partial charge is 0.480 e. The molecule has 1 rings (SSSR count). The minimum absolute atomic E-state index is 0.107. The normalized spacial score (nSPS) is 17.5. The summed E-state index contributed by atoms with van der Waals surface area (Å²) in [7, 11) is -3.66. The summed E-state index contributed by atoms with van der Waals surface area (Å²) in [5, 5.41) is 0. The molecule has 0 radical (unpaired) electrons. The zero-order valence-electron chi connectivity index (χ0n) is 12.1. The lowest BCUT2D eigenvalue weighted by Crippen LogP contribution is -2.52. The maximum absolute atomic E-state index is 10.5. The van der Waals surface area contributed by atoms with Gasteiger partial charge in [-0.3, -0.25) is 0 Å². The fourth-order valence-electron chi connectivity index (χ4n) is 1.39. The second-order valence-corrected chi connectivity index (χ2v) is 6.34. The van der Waals surface area contributed by atoms with E-state index in [1.807, 2.05) is 45.9 Å². The summed E-state index contributed by atoms with van der Waals surface area (Å²) in [6.07, 6.45) is 1.36. The molecule has 0 saturated carbocycles. The van der Waals surface area contributed by atoms with Crippen molar-refractivity contribution in [3.05, 3.63) is 30.3 Å². The predicted octanol–water partition coefficient (Wildman–Crippen LogP) is 3.12. The third-order valence-electron chi connectivity index (χ3n) is 2.84. The highest BCUT2D eigenvalue weighted by molar-refractivity contribution is 6.53. The molecule has 0 spiro atoms. The molecule has 1 aromatic rings. The van der Waals surface area contributed by atoms with E-state index in [9.17, 15) is 4.80 Å². The van der Waals surface area contributed by atoms with Crippen LogP contribution in [-0.2, 0) is 8.85 Å². The van der Waals surface area contributed by atoms with Gasteiger partial charge in [0.15, 0.2) is 0 Å². The van der Waals surface area contributed by atoms with Gasteiger partial charge in [0.1, 0.15) is 5.75 Å². The van der Waals surface area contributed by atoms with Crippen molar-refractivity contribution in [2.24, 2.45) is 0 Å². The second-order valence-electron chi connectivity index (χ2n) is 4.61. The van der Waals surface area contributed by atoms with Crippen molar-refractivity contribution in [2.45, 2.75) is 52.7 Å². The SMILES string of the molecule is CCC(C)O[Si](O)(Oc1ccccc1)OC(C)CC. The molecule has 19 heavy (non-hydrogen) atoms. The van der Waals surface area contributed by atoms with Gasteiger partial charge in [0.2, 0.25) is 0 Å². The van der Waals surface area contributed by atoms with Gasteiger partial charge in [-0.1, -0.05) is 32.0 Å². The minimum atomic E-state index is -3.66. The Balaban J connectivity index is 2.78. The Kier molecular flexibility index (Phi) is 6.51.